The lowest BCUT2D eigenvalue weighted by molar-refractivity contribution is -0.0779. The second-order valence-corrected chi connectivity index (χ2v) is 13.3. The normalized spacial score (nSPS) is 47.9. The van der Waals surface area contributed by atoms with Crippen molar-refractivity contribution in [1.29, 1.82) is 0 Å². The third-order valence-electron chi connectivity index (χ3n) is 11.9. The molecule has 9 unspecified atom stereocenters. The molecule has 0 aromatic heterocycles. The molecular weight excluding hydrogens is 376 g/mol. The standard InChI is InChI=1S/C30H50O/c1-19(2)20(3)9-10-21(4)23-13-17-30(8)26-12-11-24-22(5)27(31)15-16-28(24,6)25(26)14-18-29(23,30)7/h14,19,21-24,26-27,31H,3,9-13,15-18H2,1-2,4-8H3. The highest BCUT2D eigenvalue weighted by molar-refractivity contribution is 5.32. The predicted molar refractivity (Wildman–Crippen MR) is 133 cm³/mol. The molecule has 31 heavy (non-hydrogen) atoms. The lowest BCUT2D eigenvalue weighted by atomic mass is 9.43. The Bertz CT molecular complexity index is 733. The summed E-state index contributed by atoms with van der Waals surface area (Å²) in [7, 11) is 0. The topological polar surface area (TPSA) is 20.2 Å². The minimum absolute atomic E-state index is 0.0861. The Morgan fingerprint density at radius 3 is 2.45 bits per heavy atom. The van der Waals surface area contributed by atoms with Gasteiger partial charge in [0.1, 0.15) is 0 Å². The van der Waals surface area contributed by atoms with E-state index in [2.05, 4.69) is 61.1 Å². The van der Waals surface area contributed by atoms with Crippen LogP contribution < -0.4 is 0 Å². The van der Waals surface area contributed by atoms with Crippen LogP contribution in [0.5, 0.6) is 0 Å². The van der Waals surface area contributed by atoms with E-state index >= 15 is 0 Å². The zero-order valence-electron chi connectivity index (χ0n) is 21.6. The average Bonchev–Trinajstić information content (AvgIpc) is 3.00. The van der Waals surface area contributed by atoms with Gasteiger partial charge in [0, 0.05) is 0 Å². The van der Waals surface area contributed by atoms with E-state index < -0.39 is 0 Å². The van der Waals surface area contributed by atoms with Gasteiger partial charge in [-0.05, 0) is 110 Å². The van der Waals surface area contributed by atoms with Crippen molar-refractivity contribution in [1.82, 2.24) is 0 Å². The van der Waals surface area contributed by atoms with Crippen LogP contribution in [0.4, 0.5) is 0 Å². The maximum absolute atomic E-state index is 10.6. The van der Waals surface area contributed by atoms with Gasteiger partial charge >= 0.3 is 0 Å². The highest BCUT2D eigenvalue weighted by Gasteiger charge is 2.63. The van der Waals surface area contributed by atoms with E-state index in [1.165, 1.54) is 56.9 Å². The first-order valence-electron chi connectivity index (χ1n) is 13.5. The van der Waals surface area contributed by atoms with Crippen LogP contribution in [0.1, 0.15) is 106 Å². The Hall–Kier alpha value is -0.560. The van der Waals surface area contributed by atoms with Gasteiger partial charge in [0.25, 0.3) is 0 Å². The molecule has 176 valence electrons. The number of fused-ring (bicyclic) bond motifs is 5. The fraction of sp³-hybridized carbons (Fsp3) is 0.867. The molecule has 1 nitrogen and oxygen atoms in total. The monoisotopic (exact) mass is 426 g/mol. The minimum atomic E-state index is -0.0861. The maximum Gasteiger partial charge on any atom is 0.0569 e. The molecule has 0 heterocycles. The van der Waals surface area contributed by atoms with Gasteiger partial charge in [0.2, 0.25) is 0 Å². The van der Waals surface area contributed by atoms with Gasteiger partial charge < -0.3 is 5.11 Å². The van der Waals surface area contributed by atoms with E-state index in [4.69, 9.17) is 0 Å². The molecule has 0 amide bonds. The fourth-order valence-electron chi connectivity index (χ4n) is 9.20. The van der Waals surface area contributed by atoms with Crippen LogP contribution in [0.2, 0.25) is 0 Å². The number of hydrogen-bond acceptors (Lipinski definition) is 1. The molecule has 0 saturated heterocycles. The summed E-state index contributed by atoms with van der Waals surface area (Å²) in [4.78, 5) is 0. The van der Waals surface area contributed by atoms with E-state index in [-0.39, 0.29) is 6.10 Å². The lowest BCUT2D eigenvalue weighted by Gasteiger charge is -2.62. The minimum Gasteiger partial charge on any atom is -0.393 e. The van der Waals surface area contributed by atoms with E-state index in [1.54, 1.807) is 0 Å². The fourth-order valence-corrected chi connectivity index (χ4v) is 9.20. The summed E-state index contributed by atoms with van der Waals surface area (Å²) in [5.74, 6) is 4.13. The third-order valence-corrected chi connectivity index (χ3v) is 11.9. The van der Waals surface area contributed by atoms with Crippen molar-refractivity contribution in [2.45, 2.75) is 112 Å². The smallest absolute Gasteiger partial charge is 0.0569 e. The molecule has 0 aliphatic heterocycles. The second kappa shape index (κ2) is 8.03. The highest BCUT2D eigenvalue weighted by Crippen LogP contribution is 2.72. The first-order chi connectivity index (χ1) is 14.5. The third kappa shape index (κ3) is 3.43. The molecule has 0 aromatic rings. The van der Waals surface area contributed by atoms with Gasteiger partial charge in [-0.25, -0.2) is 0 Å². The molecule has 0 radical (unpaired) electrons. The first kappa shape index (κ1) is 23.6. The molecule has 0 aromatic carbocycles. The molecule has 3 saturated carbocycles. The van der Waals surface area contributed by atoms with Crippen LogP contribution in [0.15, 0.2) is 23.8 Å². The summed E-state index contributed by atoms with van der Waals surface area (Å²) in [6, 6.07) is 0. The Morgan fingerprint density at radius 2 is 1.77 bits per heavy atom. The Kier molecular flexibility index (Phi) is 6.11. The van der Waals surface area contributed by atoms with E-state index in [0.717, 1.165) is 24.2 Å². The van der Waals surface area contributed by atoms with Crippen LogP contribution in [-0.2, 0) is 0 Å². The van der Waals surface area contributed by atoms with Crippen molar-refractivity contribution in [2.75, 3.05) is 0 Å². The molecule has 0 spiro atoms. The van der Waals surface area contributed by atoms with Crippen LogP contribution in [-0.4, -0.2) is 11.2 Å². The van der Waals surface area contributed by atoms with Gasteiger partial charge in [-0.15, -0.1) is 0 Å². The number of allylic oxidation sites excluding steroid dienone is 3. The zero-order chi connectivity index (χ0) is 22.8. The largest absolute Gasteiger partial charge is 0.393 e. The summed E-state index contributed by atoms with van der Waals surface area (Å²) in [5.41, 5.74) is 4.44. The first-order valence-corrected chi connectivity index (χ1v) is 13.5. The van der Waals surface area contributed by atoms with E-state index in [1.807, 2.05) is 5.57 Å². The summed E-state index contributed by atoms with van der Waals surface area (Å²) in [6.45, 7) is 21.7. The van der Waals surface area contributed by atoms with Crippen LogP contribution in [0.25, 0.3) is 0 Å². The van der Waals surface area contributed by atoms with Crippen molar-refractivity contribution in [3.63, 3.8) is 0 Å². The number of hydrogen-bond donors (Lipinski definition) is 1. The molecule has 9 atom stereocenters. The molecule has 1 heteroatoms. The quantitative estimate of drug-likeness (QED) is 0.439. The lowest BCUT2D eigenvalue weighted by Crippen LogP contribution is -2.55. The zero-order valence-corrected chi connectivity index (χ0v) is 21.6. The predicted octanol–water partition coefficient (Wildman–Crippen LogP) is 8.19. The molecule has 4 aliphatic rings. The summed E-state index contributed by atoms with van der Waals surface area (Å²) < 4.78 is 0. The summed E-state index contributed by atoms with van der Waals surface area (Å²) in [6.07, 6.45) is 14.1. The van der Waals surface area contributed by atoms with Crippen molar-refractivity contribution >= 4 is 0 Å². The van der Waals surface area contributed by atoms with Crippen LogP contribution >= 0.6 is 0 Å². The number of aliphatic hydroxyl groups excluding tert-OH is 1. The number of aliphatic hydroxyl groups is 1. The van der Waals surface area contributed by atoms with Gasteiger partial charge in [0.15, 0.2) is 0 Å². The summed E-state index contributed by atoms with van der Waals surface area (Å²) >= 11 is 0. The van der Waals surface area contributed by atoms with Crippen LogP contribution in [0, 0.1) is 51.8 Å². The van der Waals surface area contributed by atoms with Crippen molar-refractivity contribution in [3.8, 4) is 0 Å². The molecule has 4 aliphatic carbocycles. The molecule has 3 fully saturated rings. The molecule has 0 bridgehead atoms. The van der Waals surface area contributed by atoms with Crippen molar-refractivity contribution in [3.05, 3.63) is 23.8 Å². The maximum atomic E-state index is 10.6. The average molecular weight is 427 g/mol. The van der Waals surface area contributed by atoms with E-state index in [9.17, 15) is 5.11 Å². The Labute approximate surface area is 193 Å². The Balaban J connectivity index is 1.59. The van der Waals surface area contributed by atoms with Gasteiger partial charge in [-0.1, -0.05) is 72.3 Å². The van der Waals surface area contributed by atoms with Crippen LogP contribution in [0.3, 0.4) is 0 Å². The second-order valence-electron chi connectivity index (χ2n) is 13.3. The van der Waals surface area contributed by atoms with Gasteiger partial charge in [0.05, 0.1) is 6.10 Å². The molecule has 1 N–H and O–H groups in total. The SMILES string of the molecule is C=C(CCC(C)C1CCC2(C)C3CCC4C(C)C(O)CCC4(C)C3=CCC12C)C(C)C. The van der Waals surface area contributed by atoms with Gasteiger partial charge in [-0.2, -0.15) is 0 Å². The highest BCUT2D eigenvalue weighted by atomic mass is 16.3. The molecule has 4 rings (SSSR count). The summed E-state index contributed by atoms with van der Waals surface area (Å²) in [5, 5.41) is 10.6. The van der Waals surface area contributed by atoms with Gasteiger partial charge in [-0.3, -0.25) is 0 Å². The Morgan fingerprint density at radius 1 is 1.06 bits per heavy atom. The van der Waals surface area contributed by atoms with Crippen molar-refractivity contribution < 1.29 is 5.11 Å². The molecular formula is C30H50O. The van der Waals surface area contributed by atoms with Crippen molar-refractivity contribution in [2.24, 2.45) is 51.8 Å². The van der Waals surface area contributed by atoms with E-state index in [0.29, 0.717) is 34.0 Å². The number of rotatable bonds is 5.